The third-order valence-corrected chi connectivity index (χ3v) is 2.10. The van der Waals surface area contributed by atoms with Gasteiger partial charge in [0.2, 0.25) is 0 Å². The van der Waals surface area contributed by atoms with E-state index in [-0.39, 0.29) is 12.5 Å². The first-order valence-corrected chi connectivity index (χ1v) is 5.98. The van der Waals surface area contributed by atoms with E-state index in [1.165, 1.54) is 6.08 Å². The van der Waals surface area contributed by atoms with Crippen LogP contribution in [0.4, 0.5) is 5.69 Å². The van der Waals surface area contributed by atoms with Crippen LogP contribution in [0.1, 0.15) is 13.8 Å². The van der Waals surface area contributed by atoms with Gasteiger partial charge in [-0.1, -0.05) is 6.08 Å². The first-order valence-electron chi connectivity index (χ1n) is 5.98. The van der Waals surface area contributed by atoms with Crippen molar-refractivity contribution in [3.05, 3.63) is 36.4 Å². The quantitative estimate of drug-likeness (QED) is 0.631. The third kappa shape index (κ3) is 5.72. The molecule has 0 fully saturated rings. The molecular weight excluding hydrogens is 246 g/mol. The van der Waals surface area contributed by atoms with E-state index in [4.69, 9.17) is 9.47 Å². The molecule has 0 bridgehead atoms. The predicted molar refractivity (Wildman–Crippen MR) is 72.0 cm³/mol. The number of allylic oxidation sites excluding steroid dienone is 1. The third-order valence-electron chi connectivity index (χ3n) is 2.10. The molecule has 0 spiro atoms. The summed E-state index contributed by atoms with van der Waals surface area (Å²) in [6.45, 7) is 3.87. The van der Waals surface area contributed by atoms with E-state index in [9.17, 15) is 9.59 Å². The van der Waals surface area contributed by atoms with Crippen LogP contribution in [-0.2, 0) is 14.3 Å². The summed E-state index contributed by atoms with van der Waals surface area (Å²) in [6, 6.07) is 6.95. The second-order valence-corrected chi connectivity index (χ2v) is 3.61. The van der Waals surface area contributed by atoms with Crippen LogP contribution in [0.3, 0.4) is 0 Å². The fourth-order valence-electron chi connectivity index (χ4n) is 1.32. The average Bonchev–Trinajstić information content (AvgIpc) is 2.39. The Hall–Kier alpha value is -2.30. The number of nitrogens with one attached hydrogen (secondary N) is 1. The second kappa shape index (κ2) is 7.92. The predicted octanol–water partition coefficient (Wildman–Crippen LogP) is 2.14. The zero-order valence-electron chi connectivity index (χ0n) is 11.0. The molecule has 1 rings (SSSR count). The molecule has 1 amide bonds. The molecule has 1 N–H and O–H groups in total. The number of anilines is 1. The molecule has 5 nitrogen and oxygen atoms in total. The summed E-state index contributed by atoms with van der Waals surface area (Å²) in [5.41, 5.74) is 0.621. The molecule has 19 heavy (non-hydrogen) atoms. The Kier molecular flexibility index (Phi) is 6.15. The Morgan fingerprint density at radius 2 is 1.95 bits per heavy atom. The summed E-state index contributed by atoms with van der Waals surface area (Å²) >= 11 is 0. The number of rotatable bonds is 6. The number of carbonyl (C=O) groups is 2. The van der Waals surface area contributed by atoms with E-state index in [0.717, 1.165) is 5.75 Å². The number of benzene rings is 1. The molecule has 0 unspecified atom stereocenters. The SMILES string of the molecule is CC=CC(=O)OCC(=O)Nc1ccc(OCC)cc1. The highest BCUT2D eigenvalue weighted by atomic mass is 16.5. The highest BCUT2D eigenvalue weighted by Crippen LogP contribution is 2.15. The zero-order chi connectivity index (χ0) is 14.1. The fraction of sp³-hybridized carbons (Fsp3) is 0.286. The monoisotopic (exact) mass is 263 g/mol. The summed E-state index contributed by atoms with van der Waals surface area (Å²) in [7, 11) is 0. The Morgan fingerprint density at radius 1 is 1.26 bits per heavy atom. The van der Waals surface area contributed by atoms with Gasteiger partial charge in [0, 0.05) is 11.8 Å². The van der Waals surface area contributed by atoms with Gasteiger partial charge in [-0.25, -0.2) is 4.79 Å². The van der Waals surface area contributed by atoms with Gasteiger partial charge in [0.1, 0.15) is 5.75 Å². The van der Waals surface area contributed by atoms with Crippen LogP contribution in [-0.4, -0.2) is 25.1 Å². The van der Waals surface area contributed by atoms with Gasteiger partial charge in [0.25, 0.3) is 5.91 Å². The lowest BCUT2D eigenvalue weighted by atomic mass is 10.3. The van der Waals surface area contributed by atoms with Crippen molar-refractivity contribution in [2.24, 2.45) is 0 Å². The molecule has 0 heterocycles. The van der Waals surface area contributed by atoms with Crippen molar-refractivity contribution in [3.63, 3.8) is 0 Å². The highest BCUT2D eigenvalue weighted by molar-refractivity contribution is 5.93. The second-order valence-electron chi connectivity index (χ2n) is 3.61. The fourth-order valence-corrected chi connectivity index (χ4v) is 1.32. The van der Waals surface area contributed by atoms with Crippen molar-refractivity contribution in [2.45, 2.75) is 13.8 Å². The highest BCUT2D eigenvalue weighted by Gasteiger charge is 2.05. The van der Waals surface area contributed by atoms with E-state index >= 15 is 0 Å². The molecule has 0 aromatic heterocycles. The van der Waals surface area contributed by atoms with Gasteiger partial charge in [-0.15, -0.1) is 0 Å². The normalized spacial score (nSPS) is 10.2. The van der Waals surface area contributed by atoms with E-state index in [1.807, 2.05) is 6.92 Å². The molecule has 0 aliphatic carbocycles. The summed E-state index contributed by atoms with van der Waals surface area (Å²) in [5, 5.41) is 2.61. The van der Waals surface area contributed by atoms with Crippen LogP contribution in [0.5, 0.6) is 5.75 Å². The molecule has 5 heteroatoms. The summed E-state index contributed by atoms with van der Waals surface area (Å²) < 4.78 is 10.00. The van der Waals surface area contributed by atoms with Crippen molar-refractivity contribution in [1.82, 2.24) is 0 Å². The van der Waals surface area contributed by atoms with Crippen LogP contribution >= 0.6 is 0 Å². The van der Waals surface area contributed by atoms with Crippen molar-refractivity contribution < 1.29 is 19.1 Å². The van der Waals surface area contributed by atoms with E-state index < -0.39 is 5.97 Å². The Bertz CT molecular complexity index is 451. The maximum absolute atomic E-state index is 11.5. The average molecular weight is 263 g/mol. The van der Waals surface area contributed by atoms with Crippen molar-refractivity contribution in [3.8, 4) is 5.75 Å². The van der Waals surface area contributed by atoms with Gasteiger partial charge < -0.3 is 14.8 Å². The topological polar surface area (TPSA) is 64.6 Å². The van der Waals surface area contributed by atoms with Crippen molar-refractivity contribution >= 4 is 17.6 Å². The maximum Gasteiger partial charge on any atom is 0.330 e. The Labute approximate surface area is 112 Å². The van der Waals surface area contributed by atoms with Gasteiger partial charge in [-0.3, -0.25) is 4.79 Å². The number of esters is 1. The Balaban J connectivity index is 2.41. The summed E-state index contributed by atoms with van der Waals surface area (Å²) in [6.07, 6.45) is 2.80. The molecule has 0 saturated heterocycles. The number of amides is 1. The zero-order valence-corrected chi connectivity index (χ0v) is 11.0. The molecule has 0 atom stereocenters. The van der Waals surface area contributed by atoms with Gasteiger partial charge >= 0.3 is 5.97 Å². The molecule has 0 aliphatic heterocycles. The molecule has 102 valence electrons. The van der Waals surface area contributed by atoms with Crippen LogP contribution < -0.4 is 10.1 Å². The molecule has 0 radical (unpaired) electrons. The largest absolute Gasteiger partial charge is 0.494 e. The maximum atomic E-state index is 11.5. The smallest absolute Gasteiger partial charge is 0.330 e. The number of carbonyl (C=O) groups excluding carboxylic acids is 2. The molecular formula is C14H17NO4. The van der Waals surface area contributed by atoms with E-state index in [1.54, 1.807) is 37.3 Å². The first kappa shape index (κ1) is 14.8. The lowest BCUT2D eigenvalue weighted by Gasteiger charge is -2.07. The molecule has 0 saturated carbocycles. The van der Waals surface area contributed by atoms with Crippen LogP contribution in [0.25, 0.3) is 0 Å². The van der Waals surface area contributed by atoms with Crippen LogP contribution in [0, 0.1) is 0 Å². The minimum atomic E-state index is -0.538. The minimum absolute atomic E-state index is 0.309. The van der Waals surface area contributed by atoms with Gasteiger partial charge in [0.05, 0.1) is 6.61 Å². The lowest BCUT2D eigenvalue weighted by molar-refractivity contribution is -0.142. The van der Waals surface area contributed by atoms with Crippen LogP contribution in [0.15, 0.2) is 36.4 Å². The summed E-state index contributed by atoms with van der Waals surface area (Å²) in [4.78, 5) is 22.5. The Morgan fingerprint density at radius 3 is 2.53 bits per heavy atom. The lowest BCUT2D eigenvalue weighted by Crippen LogP contribution is -2.20. The van der Waals surface area contributed by atoms with Gasteiger partial charge in [0.15, 0.2) is 6.61 Å². The van der Waals surface area contributed by atoms with Crippen LogP contribution in [0.2, 0.25) is 0 Å². The number of hydrogen-bond acceptors (Lipinski definition) is 4. The summed E-state index contributed by atoms with van der Waals surface area (Å²) in [5.74, 6) is -0.189. The first-order chi connectivity index (χ1) is 9.15. The molecule has 1 aromatic carbocycles. The van der Waals surface area contributed by atoms with E-state index in [0.29, 0.717) is 12.3 Å². The van der Waals surface area contributed by atoms with Crippen molar-refractivity contribution in [1.29, 1.82) is 0 Å². The minimum Gasteiger partial charge on any atom is -0.494 e. The molecule has 1 aromatic rings. The number of hydrogen-bond donors (Lipinski definition) is 1. The standard InChI is InChI=1S/C14H17NO4/c1-3-5-14(17)19-10-13(16)15-11-6-8-12(9-7-11)18-4-2/h3,5-9H,4,10H2,1-2H3,(H,15,16). The number of ether oxygens (including phenoxy) is 2. The van der Waals surface area contributed by atoms with Gasteiger partial charge in [-0.05, 0) is 38.1 Å². The van der Waals surface area contributed by atoms with Gasteiger partial charge in [-0.2, -0.15) is 0 Å². The van der Waals surface area contributed by atoms with Crippen molar-refractivity contribution in [2.75, 3.05) is 18.5 Å². The molecule has 0 aliphatic rings. The van der Waals surface area contributed by atoms with E-state index in [2.05, 4.69) is 5.32 Å².